The molecule has 21 heavy (non-hydrogen) atoms. The van der Waals surface area contributed by atoms with Gasteiger partial charge in [0.15, 0.2) is 5.78 Å². The minimum absolute atomic E-state index is 0.124. The number of nitro groups is 1. The van der Waals surface area contributed by atoms with E-state index in [1.54, 1.807) is 6.92 Å². The molecule has 1 rings (SSSR count). The van der Waals surface area contributed by atoms with Crippen LogP contribution >= 0.6 is 27.5 Å². The van der Waals surface area contributed by atoms with Crippen molar-refractivity contribution in [2.45, 2.75) is 13.3 Å². The SMILES string of the molecule is CCOC(=O)CC(=O)COc1c(Br)cc(Cl)cc1[N+](=O)[O-]. The van der Waals surface area contributed by atoms with Crippen LogP contribution < -0.4 is 4.74 Å². The van der Waals surface area contributed by atoms with Crippen molar-refractivity contribution in [3.8, 4) is 5.75 Å². The van der Waals surface area contributed by atoms with Crippen LogP contribution in [0.5, 0.6) is 5.75 Å². The molecule has 0 radical (unpaired) electrons. The smallest absolute Gasteiger partial charge is 0.313 e. The number of ether oxygens (including phenoxy) is 2. The van der Waals surface area contributed by atoms with Crippen LogP contribution in [0.3, 0.4) is 0 Å². The van der Waals surface area contributed by atoms with E-state index in [4.69, 9.17) is 16.3 Å². The van der Waals surface area contributed by atoms with Crippen LogP contribution in [0.1, 0.15) is 13.3 Å². The highest BCUT2D eigenvalue weighted by atomic mass is 79.9. The fourth-order valence-electron chi connectivity index (χ4n) is 1.40. The second-order valence-corrected chi connectivity index (χ2v) is 5.09. The van der Waals surface area contributed by atoms with E-state index in [1.165, 1.54) is 6.07 Å². The number of ketones is 1. The summed E-state index contributed by atoms with van der Waals surface area (Å²) in [6.07, 6.45) is -0.452. The number of nitrogens with zero attached hydrogens (tertiary/aromatic N) is 1. The van der Waals surface area contributed by atoms with Gasteiger partial charge in [-0.2, -0.15) is 0 Å². The number of hydrogen-bond donors (Lipinski definition) is 0. The van der Waals surface area contributed by atoms with E-state index in [0.717, 1.165) is 6.07 Å². The van der Waals surface area contributed by atoms with E-state index >= 15 is 0 Å². The second kappa shape index (κ2) is 7.94. The third-order valence-corrected chi connectivity index (χ3v) is 3.02. The average molecular weight is 381 g/mol. The molecular weight excluding hydrogens is 369 g/mol. The van der Waals surface area contributed by atoms with Gasteiger partial charge in [-0.1, -0.05) is 11.6 Å². The Morgan fingerprint density at radius 1 is 1.43 bits per heavy atom. The molecule has 0 aromatic heterocycles. The highest BCUT2D eigenvalue weighted by molar-refractivity contribution is 9.10. The molecule has 0 fully saturated rings. The quantitative estimate of drug-likeness (QED) is 0.312. The second-order valence-electron chi connectivity index (χ2n) is 3.80. The molecule has 0 aliphatic rings. The number of esters is 1. The van der Waals surface area contributed by atoms with Gasteiger partial charge in [0.25, 0.3) is 0 Å². The predicted octanol–water partition coefficient (Wildman–Crippen LogP) is 2.91. The van der Waals surface area contributed by atoms with Gasteiger partial charge in [-0.25, -0.2) is 0 Å². The Hall–Kier alpha value is -1.67. The fraction of sp³-hybridized carbons (Fsp3) is 0.333. The van der Waals surface area contributed by atoms with Crippen molar-refractivity contribution >= 4 is 45.0 Å². The molecule has 0 amide bonds. The monoisotopic (exact) mass is 379 g/mol. The molecule has 0 saturated carbocycles. The van der Waals surface area contributed by atoms with Crippen molar-refractivity contribution in [2.75, 3.05) is 13.2 Å². The number of halogens is 2. The largest absolute Gasteiger partial charge is 0.478 e. The third kappa shape index (κ3) is 5.31. The average Bonchev–Trinajstić information content (AvgIpc) is 2.36. The maximum Gasteiger partial charge on any atom is 0.313 e. The number of hydrogen-bond acceptors (Lipinski definition) is 6. The summed E-state index contributed by atoms with van der Waals surface area (Å²) in [7, 11) is 0. The van der Waals surface area contributed by atoms with Crippen LogP contribution in [-0.4, -0.2) is 29.9 Å². The maximum atomic E-state index is 11.5. The summed E-state index contributed by atoms with van der Waals surface area (Å²) < 4.78 is 9.98. The van der Waals surface area contributed by atoms with Crippen molar-refractivity contribution in [1.82, 2.24) is 0 Å². The molecule has 1 aromatic rings. The summed E-state index contributed by atoms with van der Waals surface area (Å²) in [5, 5.41) is 11.1. The zero-order valence-corrected chi connectivity index (χ0v) is 13.3. The summed E-state index contributed by atoms with van der Waals surface area (Å²) in [5.41, 5.74) is -0.377. The van der Waals surface area contributed by atoms with Gasteiger partial charge in [0.05, 0.1) is 16.0 Å². The van der Waals surface area contributed by atoms with E-state index in [2.05, 4.69) is 20.7 Å². The molecule has 7 nitrogen and oxygen atoms in total. The van der Waals surface area contributed by atoms with Gasteiger partial charge in [0, 0.05) is 11.1 Å². The standard InChI is InChI=1S/C12H11BrClNO6/c1-2-20-11(17)5-8(16)6-21-12-9(13)3-7(14)4-10(12)15(18)19/h3-4H,2,5-6H2,1H3. The molecular formula is C12H11BrClNO6. The highest BCUT2D eigenvalue weighted by Crippen LogP contribution is 2.37. The van der Waals surface area contributed by atoms with Crippen molar-refractivity contribution in [3.05, 3.63) is 31.7 Å². The molecule has 0 bridgehead atoms. The van der Waals surface area contributed by atoms with Gasteiger partial charge in [-0.15, -0.1) is 0 Å². The zero-order chi connectivity index (χ0) is 16.0. The lowest BCUT2D eigenvalue weighted by Gasteiger charge is -2.08. The normalized spacial score (nSPS) is 10.0. The van der Waals surface area contributed by atoms with Crippen molar-refractivity contribution in [3.63, 3.8) is 0 Å². The topological polar surface area (TPSA) is 95.7 Å². The Morgan fingerprint density at radius 2 is 2.10 bits per heavy atom. The number of benzene rings is 1. The van der Waals surface area contributed by atoms with Gasteiger partial charge < -0.3 is 9.47 Å². The lowest BCUT2D eigenvalue weighted by atomic mass is 10.3. The molecule has 114 valence electrons. The summed E-state index contributed by atoms with van der Waals surface area (Å²) in [6, 6.07) is 2.51. The zero-order valence-electron chi connectivity index (χ0n) is 10.9. The van der Waals surface area contributed by atoms with Gasteiger partial charge in [-0.05, 0) is 28.9 Å². The Morgan fingerprint density at radius 3 is 2.67 bits per heavy atom. The van der Waals surface area contributed by atoms with E-state index in [0.29, 0.717) is 0 Å². The fourth-order valence-corrected chi connectivity index (χ4v) is 2.31. The first-order valence-corrected chi connectivity index (χ1v) is 6.95. The van der Waals surface area contributed by atoms with Crippen LogP contribution in [0.25, 0.3) is 0 Å². The lowest BCUT2D eigenvalue weighted by Crippen LogP contribution is -2.17. The highest BCUT2D eigenvalue weighted by Gasteiger charge is 2.21. The summed E-state index contributed by atoms with van der Waals surface area (Å²) in [6.45, 7) is 1.30. The van der Waals surface area contributed by atoms with Crippen LogP contribution in [0.2, 0.25) is 5.02 Å². The van der Waals surface area contributed by atoms with E-state index in [1.807, 2.05) is 0 Å². The predicted molar refractivity (Wildman–Crippen MR) is 77.6 cm³/mol. The number of Topliss-reactive ketones (excluding diaryl/α,β-unsaturated/α-hetero) is 1. The van der Waals surface area contributed by atoms with Crippen molar-refractivity contribution in [1.29, 1.82) is 0 Å². The Balaban J connectivity index is 2.77. The van der Waals surface area contributed by atoms with Crippen LogP contribution in [0, 0.1) is 10.1 Å². The van der Waals surface area contributed by atoms with Gasteiger partial charge in [0.1, 0.15) is 13.0 Å². The summed E-state index contributed by atoms with van der Waals surface area (Å²) in [4.78, 5) is 32.9. The molecule has 0 aliphatic carbocycles. The minimum atomic E-state index is -0.679. The Kier molecular flexibility index (Phi) is 6.57. The number of carbonyl (C=O) groups is 2. The van der Waals surface area contributed by atoms with Crippen LogP contribution in [0.4, 0.5) is 5.69 Å². The van der Waals surface area contributed by atoms with Crippen LogP contribution in [0.15, 0.2) is 16.6 Å². The molecule has 0 N–H and O–H groups in total. The molecule has 9 heteroatoms. The molecule has 1 aromatic carbocycles. The molecule has 0 saturated heterocycles. The van der Waals surface area contributed by atoms with Gasteiger partial charge in [-0.3, -0.25) is 19.7 Å². The number of rotatable bonds is 7. The molecule has 0 spiro atoms. The lowest BCUT2D eigenvalue weighted by molar-refractivity contribution is -0.385. The first-order valence-electron chi connectivity index (χ1n) is 5.78. The molecule has 0 aliphatic heterocycles. The first kappa shape index (κ1) is 17.4. The van der Waals surface area contributed by atoms with E-state index in [9.17, 15) is 19.7 Å². The first-order chi connectivity index (χ1) is 9.85. The van der Waals surface area contributed by atoms with Crippen molar-refractivity contribution < 1.29 is 24.0 Å². The maximum absolute atomic E-state index is 11.5. The van der Waals surface area contributed by atoms with Gasteiger partial charge >= 0.3 is 11.7 Å². The minimum Gasteiger partial charge on any atom is -0.478 e. The summed E-state index contributed by atoms with van der Waals surface area (Å²) in [5.74, 6) is -1.35. The molecule has 0 heterocycles. The Bertz CT molecular complexity index is 577. The van der Waals surface area contributed by atoms with Crippen molar-refractivity contribution in [2.24, 2.45) is 0 Å². The Labute approximate surface area is 133 Å². The van der Waals surface area contributed by atoms with Crippen LogP contribution in [-0.2, 0) is 14.3 Å². The summed E-state index contributed by atoms with van der Waals surface area (Å²) >= 11 is 8.79. The van der Waals surface area contributed by atoms with E-state index in [-0.39, 0.29) is 27.5 Å². The van der Waals surface area contributed by atoms with E-state index < -0.39 is 29.7 Å². The number of nitro benzene ring substituents is 1. The third-order valence-electron chi connectivity index (χ3n) is 2.21. The number of carbonyl (C=O) groups excluding carboxylic acids is 2. The van der Waals surface area contributed by atoms with Gasteiger partial charge in [0.2, 0.25) is 5.75 Å². The molecule has 0 unspecified atom stereocenters. The molecule has 0 atom stereocenters.